The number of nitrogens with two attached hydrogens (primary N) is 1. The molecular formula is C25H24N2O9S2. The fourth-order valence-corrected chi connectivity index (χ4v) is 5.79. The number of fused-ring (bicyclic) bond motifs is 2. The molecule has 0 spiro atoms. The number of hydrogen-bond acceptors (Lipinski definition) is 9. The number of nitrogens with one attached hydrogen (secondary N) is 1. The van der Waals surface area contributed by atoms with E-state index >= 15 is 0 Å². The van der Waals surface area contributed by atoms with Crippen LogP contribution in [0, 0.1) is 5.41 Å². The molecule has 0 unspecified atom stereocenters. The minimum atomic E-state index is -5.06. The Morgan fingerprint density at radius 1 is 0.947 bits per heavy atom. The number of benzene rings is 3. The average molecular weight is 561 g/mol. The highest BCUT2D eigenvalue weighted by molar-refractivity contribution is 7.86. The third-order valence-electron chi connectivity index (χ3n) is 6.07. The van der Waals surface area contributed by atoms with Gasteiger partial charge in [0.05, 0.1) is 23.7 Å². The summed E-state index contributed by atoms with van der Waals surface area (Å²) in [6.45, 7) is 5.81. The fraction of sp³-hybridized carbons (Fsp3) is 0.200. The van der Waals surface area contributed by atoms with E-state index in [0.29, 0.717) is 0 Å². The molecule has 4 rings (SSSR count). The number of anilines is 1. The lowest BCUT2D eigenvalue weighted by atomic mass is 9.83. The van der Waals surface area contributed by atoms with Crippen molar-refractivity contribution in [2.75, 3.05) is 12.8 Å². The summed E-state index contributed by atoms with van der Waals surface area (Å²) in [7, 11) is -8.89. The van der Waals surface area contributed by atoms with Crippen LogP contribution in [0.5, 0.6) is 0 Å². The van der Waals surface area contributed by atoms with Gasteiger partial charge in [0.2, 0.25) is 0 Å². The monoisotopic (exact) mass is 560 g/mol. The highest BCUT2D eigenvalue weighted by Crippen LogP contribution is 2.46. The fourth-order valence-electron chi connectivity index (χ4n) is 4.30. The summed E-state index contributed by atoms with van der Waals surface area (Å²) in [4.78, 5) is 11.2. The molecule has 2 aliphatic rings. The number of carbonyl (C=O) groups excluding carboxylic acids is 1. The van der Waals surface area contributed by atoms with Gasteiger partial charge in [0.15, 0.2) is 21.1 Å². The number of methoxy groups -OCH3 is 1. The highest BCUT2D eigenvalue weighted by atomic mass is 32.2. The summed E-state index contributed by atoms with van der Waals surface area (Å²) in [5, 5.41) is 7.49. The van der Waals surface area contributed by atoms with Gasteiger partial charge in [0, 0.05) is 16.5 Å². The van der Waals surface area contributed by atoms with Crippen molar-refractivity contribution >= 4 is 42.9 Å². The lowest BCUT2D eigenvalue weighted by Crippen LogP contribution is -2.17. The Morgan fingerprint density at radius 2 is 1.55 bits per heavy atom. The van der Waals surface area contributed by atoms with Crippen LogP contribution in [0.25, 0.3) is 33.4 Å². The third kappa shape index (κ3) is 4.53. The summed E-state index contributed by atoms with van der Waals surface area (Å²) < 4.78 is 79.8. The molecule has 13 heteroatoms. The lowest BCUT2D eigenvalue weighted by Gasteiger charge is -2.23. The first-order valence-electron chi connectivity index (χ1n) is 11.0. The summed E-state index contributed by atoms with van der Waals surface area (Å²) in [5.41, 5.74) is 5.73. The molecule has 0 amide bonds. The number of ether oxygens (including phenoxy) is 1. The molecule has 0 radical (unpaired) electrons. The van der Waals surface area contributed by atoms with Gasteiger partial charge in [-0.2, -0.15) is 16.8 Å². The highest BCUT2D eigenvalue weighted by Gasteiger charge is 2.32. The topological polar surface area (TPSA) is 198 Å². The third-order valence-corrected chi connectivity index (χ3v) is 7.93. The van der Waals surface area contributed by atoms with E-state index in [1.165, 1.54) is 25.3 Å². The van der Waals surface area contributed by atoms with Gasteiger partial charge >= 0.3 is 5.97 Å². The largest absolute Gasteiger partial charge is 0.465 e. The van der Waals surface area contributed by atoms with Crippen molar-refractivity contribution in [1.29, 1.82) is 5.41 Å². The molecule has 0 saturated carbocycles. The molecule has 1 aliphatic heterocycles. The van der Waals surface area contributed by atoms with Crippen LogP contribution in [-0.4, -0.2) is 39.0 Å². The van der Waals surface area contributed by atoms with Crippen molar-refractivity contribution in [3.63, 3.8) is 0 Å². The minimum absolute atomic E-state index is 0.0286. The van der Waals surface area contributed by atoms with E-state index in [1.807, 2.05) is 20.8 Å². The molecule has 200 valence electrons. The van der Waals surface area contributed by atoms with Crippen molar-refractivity contribution in [3.05, 3.63) is 58.9 Å². The van der Waals surface area contributed by atoms with Gasteiger partial charge in [0.25, 0.3) is 20.2 Å². The van der Waals surface area contributed by atoms with E-state index in [2.05, 4.69) is 0 Å². The molecule has 2 aromatic rings. The van der Waals surface area contributed by atoms with Gasteiger partial charge in [-0.25, -0.2) is 4.79 Å². The van der Waals surface area contributed by atoms with Crippen LogP contribution in [-0.2, 0) is 30.4 Å². The number of nitrogen functional groups attached to an aromatic ring is 1. The van der Waals surface area contributed by atoms with Gasteiger partial charge in [-0.15, -0.1) is 0 Å². The van der Waals surface area contributed by atoms with E-state index in [-0.39, 0.29) is 33.1 Å². The van der Waals surface area contributed by atoms with Gasteiger partial charge in [-0.3, -0.25) is 14.5 Å². The summed E-state index contributed by atoms with van der Waals surface area (Å²) >= 11 is 0. The predicted molar refractivity (Wildman–Crippen MR) is 138 cm³/mol. The number of carbonyl (C=O) groups is 1. The second-order valence-corrected chi connectivity index (χ2v) is 12.3. The van der Waals surface area contributed by atoms with Crippen LogP contribution < -0.4 is 11.1 Å². The average Bonchev–Trinajstić information content (AvgIpc) is 2.79. The second kappa shape index (κ2) is 8.91. The van der Waals surface area contributed by atoms with Crippen molar-refractivity contribution in [2.45, 2.75) is 36.0 Å². The smallest absolute Gasteiger partial charge is 0.338 e. The minimum Gasteiger partial charge on any atom is -0.465 e. The van der Waals surface area contributed by atoms with Crippen LogP contribution >= 0.6 is 0 Å². The molecule has 0 saturated heterocycles. The molecular weight excluding hydrogens is 536 g/mol. The first kappa shape index (κ1) is 27.3. The van der Waals surface area contributed by atoms with Crippen LogP contribution in [0.15, 0.2) is 56.7 Å². The van der Waals surface area contributed by atoms with Crippen LogP contribution in [0.2, 0.25) is 0 Å². The second-order valence-electron chi connectivity index (χ2n) is 9.61. The first-order valence-corrected chi connectivity index (χ1v) is 13.9. The summed E-state index contributed by atoms with van der Waals surface area (Å²) in [6.07, 6.45) is 0. The predicted octanol–water partition coefficient (Wildman–Crippen LogP) is 3.84. The van der Waals surface area contributed by atoms with Crippen molar-refractivity contribution in [1.82, 2.24) is 0 Å². The molecule has 1 aliphatic carbocycles. The maximum Gasteiger partial charge on any atom is 0.338 e. The van der Waals surface area contributed by atoms with Crippen molar-refractivity contribution in [2.24, 2.45) is 0 Å². The van der Waals surface area contributed by atoms with E-state index in [9.17, 15) is 30.7 Å². The van der Waals surface area contributed by atoms with Gasteiger partial charge in [-0.05, 0) is 46.9 Å². The molecule has 11 nitrogen and oxygen atoms in total. The zero-order valence-corrected chi connectivity index (χ0v) is 22.3. The molecule has 0 bridgehead atoms. The van der Waals surface area contributed by atoms with Crippen LogP contribution in [0.3, 0.4) is 0 Å². The van der Waals surface area contributed by atoms with E-state index in [1.54, 1.807) is 18.2 Å². The Hall–Kier alpha value is -3.78. The van der Waals surface area contributed by atoms with Gasteiger partial charge in [-0.1, -0.05) is 32.9 Å². The maximum atomic E-state index is 13.0. The first-order chi connectivity index (χ1) is 17.5. The quantitative estimate of drug-likeness (QED) is 0.123. The number of esters is 1. The molecule has 5 N–H and O–H groups in total. The summed E-state index contributed by atoms with van der Waals surface area (Å²) in [6, 6.07) is 9.98. The van der Waals surface area contributed by atoms with E-state index < -0.39 is 58.4 Å². The molecule has 0 aromatic heterocycles. The zero-order valence-electron chi connectivity index (χ0n) is 20.7. The standard InChI is InChI=1S/C25H24N2O9S2/c1-25(2,3)12-5-6-13(16(11-12)24(28)35-4)19-14-7-9-17(26)22(37(29,30)31)20(14)36-21-15(19)8-10-18(27)23(21)38(32,33)34/h5-11,26H,27H2,1-4H3,(H,29,30,31)(H,32,33,34). The van der Waals surface area contributed by atoms with Crippen molar-refractivity contribution < 1.29 is 39.9 Å². The van der Waals surface area contributed by atoms with E-state index in [4.69, 9.17) is 20.3 Å². The Labute approximate surface area is 218 Å². The van der Waals surface area contributed by atoms with E-state index in [0.717, 1.165) is 11.6 Å². The molecule has 1 heterocycles. The summed E-state index contributed by atoms with van der Waals surface area (Å²) in [5.74, 6) is -1.31. The molecule has 38 heavy (non-hydrogen) atoms. The number of hydrogen-bond donors (Lipinski definition) is 4. The lowest BCUT2D eigenvalue weighted by molar-refractivity contribution is 0.0601. The van der Waals surface area contributed by atoms with Gasteiger partial charge < -0.3 is 14.9 Å². The molecule has 0 atom stereocenters. The Balaban J connectivity index is 2.35. The Bertz CT molecular complexity index is 1880. The van der Waals surface area contributed by atoms with Crippen molar-refractivity contribution in [3.8, 4) is 22.5 Å². The van der Waals surface area contributed by atoms with Crippen LogP contribution in [0.4, 0.5) is 5.69 Å². The Morgan fingerprint density at radius 3 is 2.11 bits per heavy atom. The SMILES string of the molecule is COC(=O)c1cc(C(C)(C)C)ccc1-c1c2ccc(=N)c(S(=O)(=O)O)c-2oc2c(S(=O)(=O)O)c(N)ccc12. The van der Waals surface area contributed by atoms with Gasteiger partial charge in [0.1, 0.15) is 0 Å². The number of rotatable bonds is 4. The normalized spacial score (nSPS) is 12.7. The Kier molecular flexibility index (Phi) is 6.39. The zero-order chi connectivity index (χ0) is 28.4. The molecule has 2 aromatic carbocycles. The van der Waals surface area contributed by atoms with Crippen LogP contribution in [0.1, 0.15) is 36.7 Å². The maximum absolute atomic E-state index is 13.0. The molecule has 0 fully saturated rings.